The first-order valence-corrected chi connectivity index (χ1v) is 9.49. The molecule has 3 rings (SSSR count). The predicted octanol–water partition coefficient (Wildman–Crippen LogP) is 5.32. The molecule has 1 aliphatic rings. The fourth-order valence-corrected chi connectivity index (χ4v) is 3.75. The average Bonchev–Trinajstić information content (AvgIpc) is 2.66. The Kier molecular flexibility index (Phi) is 4.95. The van der Waals surface area contributed by atoms with E-state index >= 15 is 0 Å². The summed E-state index contributed by atoms with van der Waals surface area (Å²) in [6.07, 6.45) is 6.19. The van der Waals surface area contributed by atoms with Gasteiger partial charge in [0.2, 0.25) is 0 Å². The third kappa shape index (κ3) is 3.37. The maximum atomic E-state index is 13.2. The second-order valence-corrected chi connectivity index (χ2v) is 8.12. The summed E-state index contributed by atoms with van der Waals surface area (Å²) in [4.78, 5) is 13.2. The molecule has 0 bridgehead atoms. The Morgan fingerprint density at radius 3 is 2.18 bits per heavy atom. The Morgan fingerprint density at radius 1 is 1.00 bits per heavy atom. The second kappa shape index (κ2) is 6.96. The van der Waals surface area contributed by atoms with Crippen molar-refractivity contribution in [1.29, 1.82) is 0 Å². The van der Waals surface area contributed by atoms with E-state index in [9.17, 15) is 9.90 Å². The fraction of sp³-hybridized carbons (Fsp3) is 0.320. The molecule has 0 amide bonds. The molecular formula is C25H26O3. The molecule has 28 heavy (non-hydrogen) atoms. The summed E-state index contributed by atoms with van der Waals surface area (Å²) in [6, 6.07) is 13.7. The molecule has 0 fully saturated rings. The summed E-state index contributed by atoms with van der Waals surface area (Å²) in [5.74, 6) is 2.39. The topological polar surface area (TPSA) is 46.5 Å². The number of carbonyl (C=O) groups excluding carboxylic acids is 1. The van der Waals surface area contributed by atoms with Crippen LogP contribution in [0.5, 0.6) is 0 Å². The third-order valence-electron chi connectivity index (χ3n) is 5.24. The van der Waals surface area contributed by atoms with E-state index < -0.39 is 11.2 Å². The first kappa shape index (κ1) is 19.9. The van der Waals surface area contributed by atoms with E-state index in [2.05, 4.69) is 5.92 Å². The van der Waals surface area contributed by atoms with Crippen LogP contribution in [0.1, 0.15) is 51.3 Å². The smallest absolute Gasteiger partial charge is 0.198 e. The Balaban J connectivity index is 2.22. The highest BCUT2D eigenvalue weighted by Gasteiger charge is 2.47. The van der Waals surface area contributed by atoms with Crippen molar-refractivity contribution in [3.63, 3.8) is 0 Å². The zero-order chi connectivity index (χ0) is 20.7. The number of aryl methyl sites for hydroxylation is 1. The van der Waals surface area contributed by atoms with Crippen LogP contribution in [0.4, 0.5) is 0 Å². The lowest BCUT2D eigenvalue weighted by atomic mass is 9.80. The van der Waals surface area contributed by atoms with Crippen molar-refractivity contribution in [3.8, 4) is 23.5 Å². The summed E-state index contributed by atoms with van der Waals surface area (Å²) in [7, 11) is 0. The van der Waals surface area contributed by atoms with Gasteiger partial charge >= 0.3 is 0 Å². The van der Waals surface area contributed by atoms with Crippen molar-refractivity contribution in [2.75, 3.05) is 0 Å². The molecule has 1 N–H and O–H groups in total. The van der Waals surface area contributed by atoms with Gasteiger partial charge in [-0.15, -0.1) is 6.42 Å². The number of Topliss-reactive ketones (excluding diaryl/α,β-unsaturated/α-hetero) is 1. The van der Waals surface area contributed by atoms with Gasteiger partial charge in [-0.2, -0.15) is 0 Å². The highest BCUT2D eigenvalue weighted by atomic mass is 16.5. The highest BCUT2D eigenvalue weighted by molar-refractivity contribution is 6.26. The minimum absolute atomic E-state index is 0.0219. The lowest BCUT2D eigenvalue weighted by Gasteiger charge is -2.40. The van der Waals surface area contributed by atoms with Gasteiger partial charge in [0.05, 0.1) is 5.57 Å². The summed E-state index contributed by atoms with van der Waals surface area (Å²) < 4.78 is 5.88. The molecule has 0 saturated heterocycles. The van der Waals surface area contributed by atoms with Crippen molar-refractivity contribution in [2.45, 2.75) is 52.2 Å². The van der Waals surface area contributed by atoms with Crippen LogP contribution in [0.25, 0.3) is 16.7 Å². The van der Waals surface area contributed by atoms with Crippen molar-refractivity contribution >= 4 is 11.4 Å². The lowest BCUT2D eigenvalue weighted by Crippen LogP contribution is -2.49. The lowest BCUT2D eigenvalue weighted by molar-refractivity contribution is -0.158. The number of aliphatic hydroxyl groups excluding tert-OH is 1. The molecule has 2 aromatic rings. The third-order valence-corrected chi connectivity index (χ3v) is 5.24. The molecule has 0 saturated carbocycles. The molecule has 0 spiro atoms. The van der Waals surface area contributed by atoms with Gasteiger partial charge in [-0.25, -0.2) is 0 Å². The molecule has 0 unspecified atom stereocenters. The molecule has 1 aliphatic heterocycles. The zero-order valence-corrected chi connectivity index (χ0v) is 17.1. The molecule has 2 aromatic carbocycles. The van der Waals surface area contributed by atoms with Crippen LogP contribution in [-0.2, 0) is 16.0 Å². The molecular weight excluding hydrogens is 348 g/mol. The number of ketones is 1. The average molecular weight is 374 g/mol. The van der Waals surface area contributed by atoms with Crippen molar-refractivity contribution in [1.82, 2.24) is 0 Å². The molecule has 0 atom stereocenters. The van der Waals surface area contributed by atoms with Crippen molar-refractivity contribution < 1.29 is 14.6 Å². The van der Waals surface area contributed by atoms with Gasteiger partial charge in [-0.3, -0.25) is 4.79 Å². The maximum Gasteiger partial charge on any atom is 0.198 e. The second-order valence-electron chi connectivity index (χ2n) is 8.12. The van der Waals surface area contributed by atoms with Crippen LogP contribution in [0, 0.1) is 12.3 Å². The summed E-state index contributed by atoms with van der Waals surface area (Å²) in [5, 5.41) is 10.9. The predicted molar refractivity (Wildman–Crippen MR) is 113 cm³/mol. The van der Waals surface area contributed by atoms with Gasteiger partial charge < -0.3 is 9.84 Å². The van der Waals surface area contributed by atoms with Crippen LogP contribution < -0.4 is 0 Å². The van der Waals surface area contributed by atoms with Crippen molar-refractivity contribution in [2.24, 2.45) is 0 Å². The van der Waals surface area contributed by atoms with Gasteiger partial charge in [-0.1, -0.05) is 37.1 Å². The largest absolute Gasteiger partial charge is 0.508 e. The van der Waals surface area contributed by atoms with Gasteiger partial charge in [0.25, 0.3) is 0 Å². The van der Waals surface area contributed by atoms with Gasteiger partial charge in [0.1, 0.15) is 17.0 Å². The standard InChI is InChI=1S/C25H26O3/c1-7-16-9-11-18(12-10-16)19-14-13-17(8-2)20(15-19)21-22(26)24(3,4)28-25(5,6)23(21)27/h1,9-15,26H,8H2,2-6H3. The number of benzene rings is 2. The normalized spacial score (nSPS) is 18.1. The highest BCUT2D eigenvalue weighted by Crippen LogP contribution is 2.41. The van der Waals surface area contributed by atoms with E-state index in [0.717, 1.165) is 34.2 Å². The summed E-state index contributed by atoms with van der Waals surface area (Å²) in [5.41, 5.74) is 2.94. The quantitative estimate of drug-likeness (QED) is 0.739. The Morgan fingerprint density at radius 2 is 1.61 bits per heavy atom. The van der Waals surface area contributed by atoms with E-state index in [4.69, 9.17) is 11.2 Å². The van der Waals surface area contributed by atoms with E-state index in [1.807, 2.05) is 49.4 Å². The fourth-order valence-electron chi connectivity index (χ4n) is 3.75. The first-order valence-electron chi connectivity index (χ1n) is 9.49. The zero-order valence-electron chi connectivity index (χ0n) is 17.1. The Bertz CT molecular complexity index is 999. The monoisotopic (exact) mass is 374 g/mol. The number of hydrogen-bond donors (Lipinski definition) is 1. The van der Waals surface area contributed by atoms with Gasteiger partial charge in [0, 0.05) is 5.56 Å². The van der Waals surface area contributed by atoms with Gasteiger partial charge in [-0.05, 0) is 74.6 Å². The summed E-state index contributed by atoms with van der Waals surface area (Å²) in [6.45, 7) is 9.10. The maximum absolute atomic E-state index is 13.2. The van der Waals surface area contributed by atoms with Crippen LogP contribution >= 0.6 is 0 Å². The number of terminal acetylenes is 1. The minimum atomic E-state index is -1.01. The first-order chi connectivity index (χ1) is 13.1. The Labute approximate surface area is 167 Å². The number of rotatable bonds is 3. The van der Waals surface area contributed by atoms with Crippen LogP contribution in [0.3, 0.4) is 0 Å². The van der Waals surface area contributed by atoms with E-state index in [-0.39, 0.29) is 11.5 Å². The number of carbonyl (C=O) groups is 1. The van der Waals surface area contributed by atoms with E-state index in [0.29, 0.717) is 5.57 Å². The molecule has 144 valence electrons. The molecule has 0 aliphatic carbocycles. The number of ether oxygens (including phenoxy) is 1. The summed E-state index contributed by atoms with van der Waals surface area (Å²) >= 11 is 0. The molecule has 3 heteroatoms. The SMILES string of the molecule is C#Cc1ccc(-c2ccc(CC)c(C3=C(O)C(C)(C)OC(C)(C)C3=O)c2)cc1. The number of hydrogen-bond acceptors (Lipinski definition) is 3. The molecule has 3 nitrogen and oxygen atoms in total. The van der Waals surface area contributed by atoms with Gasteiger partial charge in [0.15, 0.2) is 5.78 Å². The molecule has 0 radical (unpaired) electrons. The molecule has 0 aromatic heterocycles. The van der Waals surface area contributed by atoms with E-state index in [1.54, 1.807) is 27.7 Å². The van der Waals surface area contributed by atoms with Crippen LogP contribution in [0.2, 0.25) is 0 Å². The van der Waals surface area contributed by atoms with Crippen LogP contribution in [0.15, 0.2) is 48.2 Å². The Hall–Kier alpha value is -2.83. The van der Waals surface area contributed by atoms with E-state index in [1.165, 1.54) is 0 Å². The minimum Gasteiger partial charge on any atom is -0.508 e. The van der Waals surface area contributed by atoms with Crippen molar-refractivity contribution in [3.05, 3.63) is 64.9 Å². The molecule has 1 heterocycles. The number of aliphatic hydroxyl groups is 1. The van der Waals surface area contributed by atoms with Crippen LogP contribution in [-0.4, -0.2) is 22.1 Å².